The Morgan fingerprint density at radius 2 is 1.79 bits per heavy atom. The predicted octanol–water partition coefficient (Wildman–Crippen LogP) is 3.43. The van der Waals surface area contributed by atoms with Crippen molar-refractivity contribution >= 4 is 11.8 Å². The lowest BCUT2D eigenvalue weighted by Crippen LogP contribution is -2.29. The van der Waals surface area contributed by atoms with E-state index in [4.69, 9.17) is 0 Å². The molecule has 3 nitrogen and oxygen atoms in total. The highest BCUT2D eigenvalue weighted by atomic mass is 16.2. The number of carbonyl (C=O) groups excluding carboxylic acids is 2. The Hall–Kier alpha value is -1.64. The van der Waals surface area contributed by atoms with Crippen molar-refractivity contribution in [2.75, 3.05) is 6.54 Å². The number of imide groups is 1. The standard InChI is InChI=1S/C16H21NO2/c1-3-5-6-7-9-12-10-8-11-13-14(12)16(19)17(4-2)15(13)18/h8,10-11H,3-7,9H2,1-2H3. The molecule has 1 heterocycles. The van der Waals surface area contributed by atoms with Crippen LogP contribution < -0.4 is 0 Å². The zero-order valence-electron chi connectivity index (χ0n) is 11.7. The van der Waals surface area contributed by atoms with Crippen LogP contribution in [0.4, 0.5) is 0 Å². The van der Waals surface area contributed by atoms with Crippen molar-refractivity contribution in [1.29, 1.82) is 0 Å². The summed E-state index contributed by atoms with van der Waals surface area (Å²) in [5.74, 6) is -0.258. The van der Waals surface area contributed by atoms with Crippen LogP contribution in [0, 0.1) is 0 Å². The van der Waals surface area contributed by atoms with E-state index < -0.39 is 0 Å². The number of benzene rings is 1. The minimum atomic E-state index is -0.141. The molecule has 3 heteroatoms. The number of fused-ring (bicyclic) bond motifs is 1. The Bertz CT molecular complexity index is 494. The third-order valence-electron chi connectivity index (χ3n) is 3.70. The summed E-state index contributed by atoms with van der Waals surface area (Å²) in [5.41, 5.74) is 2.26. The Morgan fingerprint density at radius 3 is 2.47 bits per heavy atom. The van der Waals surface area contributed by atoms with E-state index in [0.717, 1.165) is 18.4 Å². The van der Waals surface area contributed by atoms with E-state index in [1.807, 2.05) is 19.1 Å². The zero-order valence-corrected chi connectivity index (χ0v) is 11.7. The van der Waals surface area contributed by atoms with Crippen LogP contribution in [-0.4, -0.2) is 23.3 Å². The van der Waals surface area contributed by atoms with Crippen molar-refractivity contribution in [3.05, 3.63) is 34.9 Å². The maximum atomic E-state index is 12.3. The van der Waals surface area contributed by atoms with Crippen LogP contribution in [0.15, 0.2) is 18.2 Å². The molecule has 0 saturated heterocycles. The number of unbranched alkanes of at least 4 members (excludes halogenated alkanes) is 3. The van der Waals surface area contributed by atoms with Gasteiger partial charge in [-0.2, -0.15) is 0 Å². The molecule has 0 atom stereocenters. The van der Waals surface area contributed by atoms with Gasteiger partial charge >= 0.3 is 0 Å². The number of hydrogen-bond donors (Lipinski definition) is 0. The number of hydrogen-bond acceptors (Lipinski definition) is 2. The van der Waals surface area contributed by atoms with Crippen molar-refractivity contribution in [3.63, 3.8) is 0 Å². The molecule has 2 rings (SSSR count). The molecule has 0 radical (unpaired) electrons. The molecule has 1 aliphatic rings. The average molecular weight is 259 g/mol. The van der Waals surface area contributed by atoms with E-state index in [9.17, 15) is 9.59 Å². The number of carbonyl (C=O) groups is 2. The van der Waals surface area contributed by atoms with Crippen molar-refractivity contribution < 1.29 is 9.59 Å². The molecule has 1 aliphatic heterocycles. The highest BCUT2D eigenvalue weighted by Crippen LogP contribution is 2.27. The predicted molar refractivity (Wildman–Crippen MR) is 75.3 cm³/mol. The molecule has 0 unspecified atom stereocenters. The molecular formula is C16H21NO2. The van der Waals surface area contributed by atoms with E-state index in [-0.39, 0.29) is 11.8 Å². The summed E-state index contributed by atoms with van der Waals surface area (Å²) in [6, 6.07) is 5.63. The van der Waals surface area contributed by atoms with E-state index in [0.29, 0.717) is 17.7 Å². The van der Waals surface area contributed by atoms with Crippen LogP contribution in [0.2, 0.25) is 0 Å². The van der Waals surface area contributed by atoms with Gasteiger partial charge in [0, 0.05) is 6.54 Å². The summed E-state index contributed by atoms with van der Waals surface area (Å²) in [4.78, 5) is 25.7. The molecule has 1 aromatic carbocycles. The van der Waals surface area contributed by atoms with Crippen molar-refractivity contribution in [2.45, 2.75) is 46.0 Å². The normalized spacial score (nSPS) is 14.1. The van der Waals surface area contributed by atoms with Gasteiger partial charge in [0.25, 0.3) is 11.8 Å². The third-order valence-corrected chi connectivity index (χ3v) is 3.70. The fraction of sp³-hybridized carbons (Fsp3) is 0.500. The summed E-state index contributed by atoms with van der Waals surface area (Å²) in [7, 11) is 0. The topological polar surface area (TPSA) is 37.4 Å². The van der Waals surface area contributed by atoms with Gasteiger partial charge in [-0.15, -0.1) is 0 Å². The summed E-state index contributed by atoms with van der Waals surface area (Å²) in [6.45, 7) is 4.46. The Morgan fingerprint density at radius 1 is 1.00 bits per heavy atom. The number of rotatable bonds is 6. The second-order valence-corrected chi connectivity index (χ2v) is 5.00. The lowest BCUT2D eigenvalue weighted by Gasteiger charge is -2.10. The Labute approximate surface area is 114 Å². The van der Waals surface area contributed by atoms with Crippen molar-refractivity contribution in [2.24, 2.45) is 0 Å². The second-order valence-electron chi connectivity index (χ2n) is 5.00. The van der Waals surface area contributed by atoms with Gasteiger partial charge in [0.2, 0.25) is 0 Å². The highest BCUT2D eigenvalue weighted by molar-refractivity contribution is 6.22. The largest absolute Gasteiger partial charge is 0.275 e. The minimum Gasteiger partial charge on any atom is -0.275 e. The molecule has 19 heavy (non-hydrogen) atoms. The smallest absolute Gasteiger partial charge is 0.261 e. The fourth-order valence-corrected chi connectivity index (χ4v) is 2.64. The highest BCUT2D eigenvalue weighted by Gasteiger charge is 2.35. The minimum absolute atomic E-state index is 0.117. The molecule has 0 N–H and O–H groups in total. The molecule has 0 spiro atoms. The first-order valence-electron chi connectivity index (χ1n) is 7.18. The fourth-order valence-electron chi connectivity index (χ4n) is 2.64. The van der Waals surface area contributed by atoms with Gasteiger partial charge in [-0.25, -0.2) is 0 Å². The van der Waals surface area contributed by atoms with E-state index in [1.165, 1.54) is 24.2 Å². The van der Waals surface area contributed by atoms with Gasteiger partial charge in [0.1, 0.15) is 0 Å². The molecule has 0 saturated carbocycles. The van der Waals surface area contributed by atoms with E-state index in [1.54, 1.807) is 6.07 Å². The SMILES string of the molecule is CCCCCCc1cccc2c1C(=O)N(CC)C2=O. The number of amides is 2. The van der Waals surface area contributed by atoms with Gasteiger partial charge in [-0.05, 0) is 31.4 Å². The summed E-state index contributed by atoms with van der Waals surface area (Å²) in [6.07, 6.45) is 5.58. The molecular weight excluding hydrogens is 238 g/mol. The molecule has 102 valence electrons. The maximum absolute atomic E-state index is 12.3. The van der Waals surface area contributed by atoms with Crippen LogP contribution in [0.25, 0.3) is 0 Å². The van der Waals surface area contributed by atoms with Crippen LogP contribution in [0.5, 0.6) is 0 Å². The molecule has 0 aromatic heterocycles. The van der Waals surface area contributed by atoms with Gasteiger partial charge < -0.3 is 0 Å². The lowest BCUT2D eigenvalue weighted by atomic mass is 9.98. The van der Waals surface area contributed by atoms with E-state index in [2.05, 4.69) is 6.92 Å². The van der Waals surface area contributed by atoms with Crippen molar-refractivity contribution in [1.82, 2.24) is 4.90 Å². The number of nitrogens with zero attached hydrogens (tertiary/aromatic N) is 1. The monoisotopic (exact) mass is 259 g/mol. The number of aryl methyl sites for hydroxylation is 1. The first-order valence-corrected chi connectivity index (χ1v) is 7.18. The van der Waals surface area contributed by atoms with Crippen LogP contribution >= 0.6 is 0 Å². The molecule has 0 aliphatic carbocycles. The lowest BCUT2D eigenvalue weighted by molar-refractivity contribution is 0.0662. The van der Waals surface area contributed by atoms with Crippen molar-refractivity contribution in [3.8, 4) is 0 Å². The van der Waals surface area contributed by atoms with Crippen LogP contribution in [-0.2, 0) is 6.42 Å². The summed E-state index contributed by atoms with van der Waals surface area (Å²) < 4.78 is 0. The van der Waals surface area contributed by atoms with Gasteiger partial charge in [-0.1, -0.05) is 38.3 Å². The van der Waals surface area contributed by atoms with E-state index >= 15 is 0 Å². The zero-order chi connectivity index (χ0) is 13.8. The maximum Gasteiger partial charge on any atom is 0.261 e. The Balaban J connectivity index is 2.20. The summed E-state index contributed by atoms with van der Waals surface area (Å²) >= 11 is 0. The molecule has 2 amide bonds. The molecule has 0 bridgehead atoms. The quantitative estimate of drug-likeness (QED) is 0.580. The van der Waals surface area contributed by atoms with Gasteiger partial charge in [-0.3, -0.25) is 14.5 Å². The van der Waals surface area contributed by atoms with Gasteiger partial charge in [0.15, 0.2) is 0 Å². The average Bonchev–Trinajstić information content (AvgIpc) is 2.67. The van der Waals surface area contributed by atoms with Gasteiger partial charge in [0.05, 0.1) is 11.1 Å². The third kappa shape index (κ3) is 2.55. The van der Waals surface area contributed by atoms with Crippen LogP contribution in [0.1, 0.15) is 65.8 Å². The summed E-state index contributed by atoms with van der Waals surface area (Å²) in [5, 5.41) is 0. The van der Waals surface area contributed by atoms with Crippen LogP contribution in [0.3, 0.4) is 0 Å². The second kappa shape index (κ2) is 6.00. The Kier molecular flexibility index (Phi) is 4.35. The molecule has 0 fully saturated rings. The first kappa shape index (κ1) is 13.8. The molecule has 1 aromatic rings. The first-order chi connectivity index (χ1) is 9.20.